The van der Waals surface area contributed by atoms with E-state index in [1.165, 1.54) is 6.21 Å². The van der Waals surface area contributed by atoms with E-state index in [0.717, 1.165) is 34.9 Å². The van der Waals surface area contributed by atoms with Crippen molar-refractivity contribution < 1.29 is 23.8 Å². The highest BCUT2D eigenvalue weighted by Crippen LogP contribution is 2.26. The van der Waals surface area contributed by atoms with Crippen LogP contribution in [0.25, 0.3) is 10.8 Å². The molecule has 194 valence electrons. The second-order valence-electron chi connectivity index (χ2n) is 8.66. The highest BCUT2D eigenvalue weighted by molar-refractivity contribution is 5.91. The number of hydrogen-bond acceptors (Lipinski definition) is 6. The van der Waals surface area contributed by atoms with Crippen molar-refractivity contribution in [1.29, 1.82) is 0 Å². The number of esters is 1. The number of nitrogens with one attached hydrogen (secondary N) is 1. The van der Waals surface area contributed by atoms with Crippen LogP contribution >= 0.6 is 0 Å². The van der Waals surface area contributed by atoms with Crippen LogP contribution in [0.5, 0.6) is 17.2 Å². The largest absolute Gasteiger partial charge is 0.494 e. The van der Waals surface area contributed by atoms with Crippen LogP contribution in [0.4, 0.5) is 0 Å². The van der Waals surface area contributed by atoms with Gasteiger partial charge in [0, 0.05) is 5.39 Å². The number of amides is 1. The third-order valence-electron chi connectivity index (χ3n) is 5.76. The first-order valence-electron chi connectivity index (χ1n) is 12.6. The lowest BCUT2D eigenvalue weighted by Crippen LogP contribution is -2.33. The molecular formula is C31H30N2O5. The Hall–Kier alpha value is -4.65. The summed E-state index contributed by atoms with van der Waals surface area (Å²) in [6.45, 7) is 4.42. The van der Waals surface area contributed by atoms with E-state index >= 15 is 0 Å². The van der Waals surface area contributed by atoms with Gasteiger partial charge in [-0.05, 0) is 78.9 Å². The fraction of sp³-hybridized carbons (Fsp3) is 0.194. The zero-order chi connectivity index (χ0) is 26.7. The second-order valence-corrected chi connectivity index (χ2v) is 8.66. The van der Waals surface area contributed by atoms with Crippen molar-refractivity contribution in [3.63, 3.8) is 0 Å². The molecule has 0 aliphatic heterocycles. The van der Waals surface area contributed by atoms with Crippen molar-refractivity contribution in [2.45, 2.75) is 32.8 Å². The summed E-state index contributed by atoms with van der Waals surface area (Å²) >= 11 is 0. The average Bonchev–Trinajstić information content (AvgIpc) is 2.94. The molecule has 0 saturated carbocycles. The van der Waals surface area contributed by atoms with E-state index in [1.54, 1.807) is 55.5 Å². The maximum Gasteiger partial charge on any atom is 0.343 e. The topological polar surface area (TPSA) is 86.2 Å². The van der Waals surface area contributed by atoms with Crippen LogP contribution in [-0.2, 0) is 4.79 Å². The van der Waals surface area contributed by atoms with Crippen LogP contribution in [0.3, 0.4) is 0 Å². The molecule has 4 aromatic rings. The summed E-state index contributed by atoms with van der Waals surface area (Å²) in [7, 11) is 0. The Bertz CT molecular complexity index is 1390. The smallest absolute Gasteiger partial charge is 0.343 e. The minimum atomic E-state index is -0.739. The first kappa shape index (κ1) is 26.4. The molecule has 0 spiro atoms. The van der Waals surface area contributed by atoms with E-state index in [2.05, 4.69) is 17.5 Å². The van der Waals surface area contributed by atoms with E-state index in [-0.39, 0.29) is 5.91 Å². The molecule has 0 aliphatic rings. The predicted molar refractivity (Wildman–Crippen MR) is 148 cm³/mol. The quantitative estimate of drug-likeness (QED) is 0.0859. The molecule has 0 heterocycles. The van der Waals surface area contributed by atoms with E-state index in [4.69, 9.17) is 14.2 Å². The maximum absolute atomic E-state index is 12.5. The molecular weight excluding hydrogens is 480 g/mol. The molecule has 1 atom stereocenters. The van der Waals surface area contributed by atoms with E-state index in [9.17, 15) is 9.59 Å². The summed E-state index contributed by atoms with van der Waals surface area (Å²) in [5, 5.41) is 5.99. The molecule has 4 aromatic carbocycles. The molecule has 1 unspecified atom stereocenters. The van der Waals surface area contributed by atoms with E-state index in [1.807, 2.05) is 42.5 Å². The summed E-state index contributed by atoms with van der Waals surface area (Å²) in [5.41, 5.74) is 3.65. The monoisotopic (exact) mass is 510 g/mol. The zero-order valence-electron chi connectivity index (χ0n) is 21.4. The number of unbranched alkanes of at least 4 members (excludes halogenated alkanes) is 1. The lowest BCUT2D eigenvalue weighted by Gasteiger charge is -2.14. The molecule has 7 nitrogen and oxygen atoms in total. The van der Waals surface area contributed by atoms with E-state index < -0.39 is 12.1 Å². The molecule has 0 aliphatic carbocycles. The molecule has 7 heteroatoms. The Labute approximate surface area is 222 Å². The number of fused-ring (bicyclic) bond motifs is 1. The van der Waals surface area contributed by atoms with Crippen LogP contribution in [0.1, 0.15) is 42.6 Å². The number of nitrogens with zero attached hydrogens (tertiary/aromatic N) is 1. The van der Waals surface area contributed by atoms with Gasteiger partial charge in [-0.25, -0.2) is 10.2 Å². The Balaban J connectivity index is 1.26. The lowest BCUT2D eigenvalue weighted by molar-refractivity contribution is -0.127. The van der Waals surface area contributed by atoms with Crippen LogP contribution in [-0.4, -0.2) is 30.8 Å². The number of hydrazone groups is 1. The molecule has 38 heavy (non-hydrogen) atoms. The van der Waals surface area contributed by atoms with Gasteiger partial charge >= 0.3 is 5.97 Å². The zero-order valence-corrected chi connectivity index (χ0v) is 21.4. The summed E-state index contributed by atoms with van der Waals surface area (Å²) in [5.74, 6) is 0.924. The number of rotatable bonds is 11. The number of carbonyl (C=O) groups is 2. The summed E-state index contributed by atoms with van der Waals surface area (Å²) in [4.78, 5) is 24.9. The SMILES string of the molecule is CCCCOc1ccc(C(=O)Oc2ccc(C=NNC(=O)C(C)Oc3cccc4ccccc34)cc2)cc1. The van der Waals surface area contributed by atoms with Gasteiger partial charge in [0.2, 0.25) is 0 Å². The van der Waals surface area contributed by atoms with Gasteiger partial charge in [-0.3, -0.25) is 4.79 Å². The Kier molecular flexibility index (Phi) is 9.07. The van der Waals surface area contributed by atoms with Crippen molar-refractivity contribution in [1.82, 2.24) is 5.43 Å². The van der Waals surface area contributed by atoms with Gasteiger partial charge in [-0.2, -0.15) is 5.10 Å². The van der Waals surface area contributed by atoms with Gasteiger partial charge in [0.25, 0.3) is 5.91 Å². The van der Waals surface area contributed by atoms with Gasteiger partial charge in [0.05, 0.1) is 18.4 Å². The standard InChI is InChI=1S/C31H30N2O5/c1-3-4-20-36-26-18-14-25(15-19-26)31(35)38-27-16-12-23(13-17-27)21-32-33-30(34)22(2)37-29-11-7-9-24-8-5-6-10-28(24)29/h5-19,21-22H,3-4,20H2,1-2H3,(H,33,34). The fourth-order valence-electron chi connectivity index (χ4n) is 3.61. The number of hydrogen-bond donors (Lipinski definition) is 1. The molecule has 0 aromatic heterocycles. The molecule has 0 bridgehead atoms. The van der Waals surface area contributed by atoms with Crippen LogP contribution in [0.15, 0.2) is 96.1 Å². The minimum Gasteiger partial charge on any atom is -0.494 e. The van der Waals surface area contributed by atoms with Crippen molar-refractivity contribution >= 4 is 28.9 Å². The van der Waals surface area contributed by atoms with Crippen molar-refractivity contribution in [2.24, 2.45) is 5.10 Å². The Morgan fingerprint density at radius 1 is 0.895 bits per heavy atom. The minimum absolute atomic E-state index is 0.374. The highest BCUT2D eigenvalue weighted by Gasteiger charge is 2.15. The third kappa shape index (κ3) is 7.20. The van der Waals surface area contributed by atoms with Crippen molar-refractivity contribution in [2.75, 3.05) is 6.61 Å². The lowest BCUT2D eigenvalue weighted by atomic mass is 10.1. The van der Waals surface area contributed by atoms with Crippen LogP contribution < -0.4 is 19.6 Å². The fourth-order valence-corrected chi connectivity index (χ4v) is 3.61. The number of benzene rings is 4. The van der Waals surface area contributed by atoms with Gasteiger partial charge in [-0.15, -0.1) is 0 Å². The molecule has 1 amide bonds. The average molecular weight is 511 g/mol. The second kappa shape index (κ2) is 13.1. The molecule has 0 saturated heterocycles. The first-order chi connectivity index (χ1) is 18.5. The Morgan fingerprint density at radius 2 is 1.61 bits per heavy atom. The molecule has 0 fully saturated rings. The first-order valence-corrected chi connectivity index (χ1v) is 12.6. The van der Waals surface area contributed by atoms with Gasteiger partial charge < -0.3 is 14.2 Å². The highest BCUT2D eigenvalue weighted by atomic mass is 16.5. The van der Waals surface area contributed by atoms with Crippen LogP contribution in [0, 0.1) is 0 Å². The normalized spacial score (nSPS) is 11.7. The van der Waals surface area contributed by atoms with Crippen molar-refractivity contribution in [3.8, 4) is 17.2 Å². The van der Waals surface area contributed by atoms with Gasteiger partial charge in [-0.1, -0.05) is 49.7 Å². The number of ether oxygens (including phenoxy) is 3. The molecule has 1 N–H and O–H groups in total. The third-order valence-corrected chi connectivity index (χ3v) is 5.76. The molecule has 4 rings (SSSR count). The summed E-state index contributed by atoms with van der Waals surface area (Å²) < 4.78 is 16.9. The van der Waals surface area contributed by atoms with Crippen LogP contribution in [0.2, 0.25) is 0 Å². The van der Waals surface area contributed by atoms with E-state index in [0.29, 0.717) is 23.7 Å². The van der Waals surface area contributed by atoms with Crippen molar-refractivity contribution in [3.05, 3.63) is 102 Å². The van der Waals surface area contributed by atoms with Gasteiger partial charge in [0.1, 0.15) is 17.2 Å². The summed E-state index contributed by atoms with van der Waals surface area (Å²) in [6.07, 6.45) is 2.81. The summed E-state index contributed by atoms with van der Waals surface area (Å²) in [6, 6.07) is 27.2. The Morgan fingerprint density at radius 3 is 2.37 bits per heavy atom. The number of carbonyl (C=O) groups excluding carboxylic acids is 2. The maximum atomic E-state index is 12.5. The molecule has 0 radical (unpaired) electrons. The van der Waals surface area contributed by atoms with Gasteiger partial charge in [0.15, 0.2) is 6.10 Å². The predicted octanol–water partition coefficient (Wildman–Crippen LogP) is 6.16.